The van der Waals surface area contributed by atoms with E-state index < -0.39 is 6.00 Å². The van der Waals surface area contributed by atoms with Crippen LogP contribution < -0.4 is 0 Å². The van der Waals surface area contributed by atoms with Crippen molar-refractivity contribution in [3.63, 3.8) is 0 Å². The molecule has 0 heterocycles. The molecule has 1 fully saturated rings. The Morgan fingerprint density at radius 3 is 2.64 bits per heavy atom. The Morgan fingerprint density at radius 1 is 1.55 bits per heavy atom. The zero-order valence-corrected chi connectivity index (χ0v) is 6.27. The average Bonchev–Trinajstić information content (AvgIpc) is 2.43. The van der Waals surface area contributed by atoms with E-state index in [9.17, 15) is 5.11 Å². The predicted molar refractivity (Wildman–Crippen MR) is 42.1 cm³/mol. The molecule has 0 amide bonds. The van der Waals surface area contributed by atoms with Gasteiger partial charge in [0.1, 0.15) is 7.85 Å². The third kappa shape index (κ3) is 1.03. The van der Waals surface area contributed by atoms with E-state index in [0.717, 1.165) is 12.8 Å². The first-order valence-electron chi connectivity index (χ1n) is 4.00. The highest BCUT2D eigenvalue weighted by atomic mass is 16.3. The first-order valence-corrected chi connectivity index (χ1v) is 4.00. The summed E-state index contributed by atoms with van der Waals surface area (Å²) >= 11 is 0. The second kappa shape index (κ2) is 2.36. The molecule has 0 spiro atoms. The molecule has 2 rings (SSSR count). The Morgan fingerprint density at radius 2 is 2.27 bits per heavy atom. The van der Waals surface area contributed by atoms with Gasteiger partial charge < -0.3 is 10.2 Å². The van der Waals surface area contributed by atoms with Crippen LogP contribution in [0, 0.1) is 11.8 Å². The van der Waals surface area contributed by atoms with Crippen molar-refractivity contribution in [3.8, 4) is 0 Å². The van der Waals surface area contributed by atoms with Crippen molar-refractivity contribution in [2.45, 2.75) is 24.9 Å². The minimum atomic E-state index is -0.763. The zero-order chi connectivity index (χ0) is 8.01. The molecular formula is C8H11BO2. The topological polar surface area (TPSA) is 40.5 Å². The SMILES string of the molecule is [B][C@H](O)C1CC2=CC(O)C1C2. The van der Waals surface area contributed by atoms with Crippen LogP contribution in [0.5, 0.6) is 0 Å². The average molecular weight is 150 g/mol. The third-order valence-electron chi connectivity index (χ3n) is 2.83. The number of hydrogen-bond donors (Lipinski definition) is 2. The molecule has 58 valence electrons. The van der Waals surface area contributed by atoms with Crippen molar-refractivity contribution in [1.82, 2.24) is 0 Å². The van der Waals surface area contributed by atoms with E-state index in [0.29, 0.717) is 0 Å². The summed E-state index contributed by atoms with van der Waals surface area (Å²) in [6.07, 6.45) is 3.34. The maximum Gasteiger partial charge on any atom is 0.109 e. The summed E-state index contributed by atoms with van der Waals surface area (Å²) in [4.78, 5) is 0. The molecule has 0 saturated heterocycles. The monoisotopic (exact) mass is 150 g/mol. The summed E-state index contributed by atoms with van der Waals surface area (Å²) in [7, 11) is 5.36. The molecule has 4 atom stereocenters. The molecule has 0 aromatic rings. The fraction of sp³-hybridized carbons (Fsp3) is 0.750. The first-order chi connectivity index (χ1) is 5.18. The van der Waals surface area contributed by atoms with Crippen LogP contribution in [-0.4, -0.2) is 30.2 Å². The first kappa shape index (κ1) is 7.38. The third-order valence-corrected chi connectivity index (χ3v) is 2.83. The molecule has 2 nitrogen and oxygen atoms in total. The van der Waals surface area contributed by atoms with E-state index >= 15 is 0 Å². The van der Waals surface area contributed by atoms with Crippen molar-refractivity contribution in [1.29, 1.82) is 0 Å². The Bertz CT molecular complexity index is 200. The normalized spacial score (nSPS) is 44.2. The standard InChI is InChI=1S/C8H11BO2/c9-8(11)6-2-4-1-5(6)7(10)3-4/h3,5-8,10-11H,1-2H2/t5?,6?,7?,8-/m1/s1. The van der Waals surface area contributed by atoms with E-state index in [-0.39, 0.29) is 17.9 Å². The number of hydrogen-bond acceptors (Lipinski definition) is 2. The van der Waals surface area contributed by atoms with Crippen molar-refractivity contribution in [2.75, 3.05) is 0 Å². The molecular weight excluding hydrogens is 139 g/mol. The largest absolute Gasteiger partial charge is 0.403 e. The maximum absolute atomic E-state index is 9.40. The van der Waals surface area contributed by atoms with Gasteiger partial charge in [-0.2, -0.15) is 0 Å². The van der Waals surface area contributed by atoms with Gasteiger partial charge in [0.2, 0.25) is 0 Å². The van der Waals surface area contributed by atoms with E-state index in [1.807, 2.05) is 6.08 Å². The lowest BCUT2D eigenvalue weighted by molar-refractivity contribution is 0.0799. The van der Waals surface area contributed by atoms with Crippen LogP contribution in [0.15, 0.2) is 11.6 Å². The van der Waals surface area contributed by atoms with Gasteiger partial charge in [0.15, 0.2) is 0 Å². The summed E-state index contributed by atoms with van der Waals surface area (Å²) in [5.41, 5.74) is 1.26. The Hall–Kier alpha value is -0.275. The van der Waals surface area contributed by atoms with E-state index in [4.69, 9.17) is 13.0 Å². The van der Waals surface area contributed by atoms with Crippen molar-refractivity contribution in [2.24, 2.45) is 11.8 Å². The van der Waals surface area contributed by atoms with Gasteiger partial charge in [-0.05, 0) is 24.7 Å². The fourth-order valence-corrected chi connectivity index (χ4v) is 2.24. The molecule has 2 radical (unpaired) electrons. The van der Waals surface area contributed by atoms with Crippen molar-refractivity contribution in [3.05, 3.63) is 11.6 Å². The van der Waals surface area contributed by atoms with Crippen molar-refractivity contribution < 1.29 is 10.2 Å². The quantitative estimate of drug-likeness (QED) is 0.401. The molecule has 3 unspecified atom stereocenters. The van der Waals surface area contributed by atoms with Gasteiger partial charge >= 0.3 is 0 Å². The van der Waals surface area contributed by atoms with Crippen LogP contribution in [0.2, 0.25) is 0 Å². The second-order valence-corrected chi connectivity index (χ2v) is 3.54. The fourth-order valence-electron chi connectivity index (χ4n) is 2.24. The van der Waals surface area contributed by atoms with Gasteiger partial charge in [0, 0.05) is 6.00 Å². The summed E-state index contributed by atoms with van der Waals surface area (Å²) in [5.74, 6) is 0.273. The van der Waals surface area contributed by atoms with E-state index in [1.165, 1.54) is 5.57 Å². The maximum atomic E-state index is 9.40. The number of allylic oxidation sites excluding steroid dienone is 1. The molecule has 3 heteroatoms. The molecule has 0 aliphatic heterocycles. The van der Waals surface area contributed by atoms with Crippen LogP contribution in [0.4, 0.5) is 0 Å². The van der Waals surface area contributed by atoms with Crippen LogP contribution in [-0.2, 0) is 0 Å². The van der Waals surface area contributed by atoms with Crippen LogP contribution in [0.1, 0.15) is 12.8 Å². The molecule has 0 aromatic heterocycles. The lowest BCUT2D eigenvalue weighted by Crippen LogP contribution is -2.31. The summed E-state index contributed by atoms with van der Waals surface area (Å²) in [6, 6.07) is -0.763. The molecule has 11 heavy (non-hydrogen) atoms. The highest BCUT2D eigenvalue weighted by Crippen LogP contribution is 2.45. The molecule has 0 aromatic carbocycles. The van der Waals surface area contributed by atoms with E-state index in [1.54, 1.807) is 0 Å². The summed E-state index contributed by atoms with van der Waals surface area (Å²) in [6.45, 7) is 0. The number of fused-ring (bicyclic) bond motifs is 2. The van der Waals surface area contributed by atoms with Crippen LogP contribution in [0.25, 0.3) is 0 Å². The van der Waals surface area contributed by atoms with Gasteiger partial charge in [-0.25, -0.2) is 0 Å². The molecule has 2 aliphatic carbocycles. The van der Waals surface area contributed by atoms with Gasteiger partial charge in [-0.3, -0.25) is 0 Å². The summed E-state index contributed by atoms with van der Waals surface area (Å²) in [5, 5.41) is 18.5. The van der Waals surface area contributed by atoms with Crippen molar-refractivity contribution >= 4 is 7.85 Å². The molecule has 2 bridgehead atoms. The predicted octanol–water partition coefficient (Wildman–Crippen LogP) is -0.200. The minimum Gasteiger partial charge on any atom is -0.403 e. The smallest absolute Gasteiger partial charge is 0.109 e. The van der Waals surface area contributed by atoms with Gasteiger partial charge in [-0.1, -0.05) is 11.6 Å². The number of aliphatic hydroxyl groups is 2. The molecule has 2 aliphatic rings. The Kier molecular flexibility index (Phi) is 1.58. The highest BCUT2D eigenvalue weighted by Gasteiger charge is 2.41. The lowest BCUT2D eigenvalue weighted by atomic mass is 9.77. The lowest BCUT2D eigenvalue weighted by Gasteiger charge is -2.25. The van der Waals surface area contributed by atoms with E-state index in [2.05, 4.69) is 0 Å². The number of aliphatic hydroxyl groups excluding tert-OH is 2. The Labute approximate surface area is 67.3 Å². The highest BCUT2D eigenvalue weighted by molar-refractivity contribution is 6.11. The second-order valence-electron chi connectivity index (χ2n) is 3.54. The van der Waals surface area contributed by atoms with Crippen LogP contribution in [0.3, 0.4) is 0 Å². The van der Waals surface area contributed by atoms with Gasteiger partial charge in [0.25, 0.3) is 0 Å². The molecule has 1 saturated carbocycles. The van der Waals surface area contributed by atoms with Gasteiger partial charge in [0.05, 0.1) is 6.10 Å². The zero-order valence-electron chi connectivity index (χ0n) is 6.27. The van der Waals surface area contributed by atoms with Crippen LogP contribution >= 0.6 is 0 Å². The molecule has 2 N–H and O–H groups in total. The Balaban J connectivity index is 2.15. The minimum absolute atomic E-state index is 0.0880. The van der Waals surface area contributed by atoms with Gasteiger partial charge in [-0.15, -0.1) is 0 Å². The summed E-state index contributed by atoms with van der Waals surface area (Å²) < 4.78 is 0. The number of rotatable bonds is 1.